The third kappa shape index (κ3) is 2.30. The highest BCUT2D eigenvalue weighted by Crippen LogP contribution is 2.18. The average Bonchev–Trinajstić information content (AvgIpc) is 2.87. The maximum Gasteiger partial charge on any atom is 0.266 e. The number of H-pyrrole nitrogens is 1. The Morgan fingerprint density at radius 2 is 2.38 bits per heavy atom. The second-order valence-electron chi connectivity index (χ2n) is 3.51. The highest BCUT2D eigenvalue weighted by atomic mass is 32.1. The molecule has 0 bridgehead atoms. The van der Waals surface area contributed by atoms with Crippen LogP contribution in [-0.4, -0.2) is 16.1 Å². The summed E-state index contributed by atoms with van der Waals surface area (Å²) >= 11 is 1.52. The molecule has 2 rings (SSSR count). The lowest BCUT2D eigenvalue weighted by atomic mass is 10.3. The molecule has 84 valence electrons. The number of anilines is 1. The zero-order chi connectivity index (χ0) is 11.5. The molecule has 4 nitrogen and oxygen atoms in total. The molecule has 2 aromatic heterocycles. The number of carbonyl (C=O) groups is 1. The molecular formula is C11H13N3OS. The maximum absolute atomic E-state index is 11.8. The number of amides is 1. The van der Waals surface area contributed by atoms with Crippen molar-refractivity contribution in [1.29, 1.82) is 0 Å². The number of hydrogen-bond donors (Lipinski definition) is 2. The molecule has 2 N–H and O–H groups in total. The van der Waals surface area contributed by atoms with Gasteiger partial charge in [0.05, 0.1) is 4.88 Å². The van der Waals surface area contributed by atoms with Crippen LogP contribution in [0.2, 0.25) is 0 Å². The Morgan fingerprint density at radius 3 is 2.94 bits per heavy atom. The van der Waals surface area contributed by atoms with E-state index < -0.39 is 0 Å². The summed E-state index contributed by atoms with van der Waals surface area (Å²) in [5.74, 6) is 0.463. The third-order valence-corrected chi connectivity index (χ3v) is 3.41. The molecule has 2 heterocycles. The van der Waals surface area contributed by atoms with Gasteiger partial charge in [-0.25, -0.2) is 0 Å². The number of aryl methyl sites for hydroxylation is 2. The van der Waals surface area contributed by atoms with Crippen molar-refractivity contribution in [1.82, 2.24) is 10.2 Å². The van der Waals surface area contributed by atoms with Gasteiger partial charge in [-0.05, 0) is 25.5 Å². The van der Waals surface area contributed by atoms with Crippen LogP contribution in [0.5, 0.6) is 0 Å². The SMILES string of the molecule is CCc1ccc(C(=O)Nc2cc(C)[nH]n2)s1. The van der Waals surface area contributed by atoms with Gasteiger partial charge >= 0.3 is 0 Å². The number of nitrogens with zero attached hydrogens (tertiary/aromatic N) is 1. The summed E-state index contributed by atoms with van der Waals surface area (Å²) in [5.41, 5.74) is 0.927. The summed E-state index contributed by atoms with van der Waals surface area (Å²) in [5, 5.41) is 9.48. The van der Waals surface area contributed by atoms with Crippen molar-refractivity contribution in [3.63, 3.8) is 0 Å². The van der Waals surface area contributed by atoms with Crippen LogP contribution in [0.1, 0.15) is 27.2 Å². The van der Waals surface area contributed by atoms with Crippen molar-refractivity contribution >= 4 is 23.1 Å². The molecule has 0 aliphatic heterocycles. The molecule has 5 heteroatoms. The molecule has 0 saturated heterocycles. The monoisotopic (exact) mass is 235 g/mol. The molecule has 0 fully saturated rings. The summed E-state index contributed by atoms with van der Waals surface area (Å²) in [6.45, 7) is 3.97. The molecule has 0 atom stereocenters. The van der Waals surface area contributed by atoms with E-state index in [1.807, 2.05) is 19.1 Å². The van der Waals surface area contributed by atoms with Gasteiger partial charge in [0.25, 0.3) is 5.91 Å². The van der Waals surface area contributed by atoms with Gasteiger partial charge in [0.15, 0.2) is 5.82 Å². The van der Waals surface area contributed by atoms with Crippen molar-refractivity contribution in [3.05, 3.63) is 33.6 Å². The van der Waals surface area contributed by atoms with E-state index in [9.17, 15) is 4.79 Å². The van der Waals surface area contributed by atoms with Gasteiger partial charge < -0.3 is 5.32 Å². The first-order chi connectivity index (χ1) is 7.69. The van der Waals surface area contributed by atoms with E-state index in [1.54, 1.807) is 6.07 Å². The first-order valence-corrected chi connectivity index (χ1v) is 5.92. The Kier molecular flexibility index (Phi) is 3.05. The zero-order valence-corrected chi connectivity index (χ0v) is 10.0. The van der Waals surface area contributed by atoms with Gasteiger partial charge in [-0.3, -0.25) is 9.89 Å². The smallest absolute Gasteiger partial charge is 0.266 e. The molecule has 0 aliphatic carbocycles. The fourth-order valence-electron chi connectivity index (χ4n) is 1.35. The van der Waals surface area contributed by atoms with Crippen molar-refractivity contribution in [2.24, 2.45) is 0 Å². The number of carbonyl (C=O) groups excluding carboxylic acids is 1. The van der Waals surface area contributed by atoms with Crippen LogP contribution in [-0.2, 0) is 6.42 Å². The third-order valence-electron chi connectivity index (χ3n) is 2.18. The molecule has 0 radical (unpaired) electrons. The van der Waals surface area contributed by atoms with Crippen molar-refractivity contribution in [2.45, 2.75) is 20.3 Å². The van der Waals surface area contributed by atoms with E-state index in [2.05, 4.69) is 22.4 Å². The minimum absolute atomic E-state index is 0.101. The Hall–Kier alpha value is -1.62. The molecule has 16 heavy (non-hydrogen) atoms. The lowest BCUT2D eigenvalue weighted by Gasteiger charge is -1.97. The highest BCUT2D eigenvalue weighted by Gasteiger charge is 2.10. The predicted molar refractivity (Wildman–Crippen MR) is 65.0 cm³/mol. The molecule has 0 aromatic carbocycles. The van der Waals surface area contributed by atoms with Crippen LogP contribution in [0.3, 0.4) is 0 Å². The van der Waals surface area contributed by atoms with E-state index in [4.69, 9.17) is 0 Å². The van der Waals surface area contributed by atoms with Gasteiger partial charge in [-0.1, -0.05) is 6.92 Å². The molecule has 0 aliphatic rings. The minimum Gasteiger partial charge on any atom is -0.304 e. The Bertz CT molecular complexity index is 501. The number of aromatic nitrogens is 2. The Labute approximate surface area is 97.7 Å². The number of rotatable bonds is 3. The fraction of sp³-hybridized carbons (Fsp3) is 0.273. The molecule has 0 saturated carbocycles. The number of thiophene rings is 1. The fourth-order valence-corrected chi connectivity index (χ4v) is 2.19. The van der Waals surface area contributed by atoms with Crippen LogP contribution in [0.25, 0.3) is 0 Å². The van der Waals surface area contributed by atoms with Gasteiger partial charge in [-0.15, -0.1) is 11.3 Å². The second-order valence-corrected chi connectivity index (χ2v) is 4.68. The van der Waals surface area contributed by atoms with Gasteiger partial charge in [0.2, 0.25) is 0 Å². The lowest BCUT2D eigenvalue weighted by Crippen LogP contribution is -2.10. The maximum atomic E-state index is 11.8. The Morgan fingerprint density at radius 1 is 1.56 bits per heavy atom. The number of nitrogens with one attached hydrogen (secondary N) is 2. The molecule has 0 spiro atoms. The predicted octanol–water partition coefficient (Wildman–Crippen LogP) is 2.59. The van der Waals surface area contributed by atoms with Gasteiger partial charge in [-0.2, -0.15) is 5.10 Å². The first kappa shape index (κ1) is 10.9. The van der Waals surface area contributed by atoms with Gasteiger partial charge in [0.1, 0.15) is 0 Å². The van der Waals surface area contributed by atoms with Crippen LogP contribution >= 0.6 is 11.3 Å². The number of hydrogen-bond acceptors (Lipinski definition) is 3. The normalized spacial score (nSPS) is 10.4. The van der Waals surface area contributed by atoms with E-state index in [1.165, 1.54) is 16.2 Å². The van der Waals surface area contributed by atoms with E-state index >= 15 is 0 Å². The standard InChI is InChI=1S/C11H13N3OS/c1-3-8-4-5-9(16-8)11(15)12-10-6-7(2)13-14-10/h4-6H,3H2,1-2H3,(H2,12,13,14,15). The molecular weight excluding hydrogens is 222 g/mol. The van der Waals surface area contributed by atoms with E-state index in [0.29, 0.717) is 5.82 Å². The summed E-state index contributed by atoms with van der Waals surface area (Å²) < 4.78 is 0. The zero-order valence-electron chi connectivity index (χ0n) is 9.20. The molecule has 0 unspecified atom stereocenters. The molecule has 2 aromatic rings. The molecule has 1 amide bonds. The van der Waals surface area contributed by atoms with Crippen LogP contribution in [0, 0.1) is 6.92 Å². The van der Waals surface area contributed by atoms with E-state index in [0.717, 1.165) is 17.0 Å². The summed E-state index contributed by atoms with van der Waals surface area (Å²) in [6, 6.07) is 5.62. The Balaban J connectivity index is 2.08. The quantitative estimate of drug-likeness (QED) is 0.859. The lowest BCUT2D eigenvalue weighted by molar-refractivity contribution is 0.103. The van der Waals surface area contributed by atoms with Crippen molar-refractivity contribution < 1.29 is 4.79 Å². The summed E-state index contributed by atoms with van der Waals surface area (Å²) in [4.78, 5) is 13.7. The topological polar surface area (TPSA) is 57.8 Å². The first-order valence-electron chi connectivity index (χ1n) is 5.11. The minimum atomic E-state index is -0.101. The van der Waals surface area contributed by atoms with Gasteiger partial charge in [0, 0.05) is 16.6 Å². The second kappa shape index (κ2) is 4.49. The van der Waals surface area contributed by atoms with E-state index in [-0.39, 0.29) is 5.91 Å². The van der Waals surface area contributed by atoms with Crippen molar-refractivity contribution in [2.75, 3.05) is 5.32 Å². The largest absolute Gasteiger partial charge is 0.304 e. The summed E-state index contributed by atoms with van der Waals surface area (Å²) in [6.07, 6.45) is 0.958. The summed E-state index contributed by atoms with van der Waals surface area (Å²) in [7, 11) is 0. The average molecular weight is 235 g/mol. The number of aromatic amines is 1. The highest BCUT2D eigenvalue weighted by molar-refractivity contribution is 7.14. The van der Waals surface area contributed by atoms with Crippen LogP contribution < -0.4 is 5.32 Å². The van der Waals surface area contributed by atoms with Crippen LogP contribution in [0.4, 0.5) is 5.82 Å². The van der Waals surface area contributed by atoms with Crippen LogP contribution in [0.15, 0.2) is 18.2 Å². The van der Waals surface area contributed by atoms with Crippen molar-refractivity contribution in [3.8, 4) is 0 Å².